The Kier molecular flexibility index (Phi) is 4.77. The Morgan fingerprint density at radius 3 is 2.27 bits per heavy atom. The summed E-state index contributed by atoms with van der Waals surface area (Å²) in [7, 11) is 0. The van der Waals surface area contributed by atoms with Crippen molar-refractivity contribution in [1.29, 1.82) is 10.5 Å². The van der Waals surface area contributed by atoms with Crippen LogP contribution in [-0.2, 0) is 6.42 Å². The molecule has 1 fully saturated rings. The molecule has 11 rings (SSSR count). The highest BCUT2D eigenvalue weighted by atomic mass is 14.9. The summed E-state index contributed by atoms with van der Waals surface area (Å²) < 4.78 is 2.43. The van der Waals surface area contributed by atoms with Crippen LogP contribution >= 0.6 is 0 Å². The van der Waals surface area contributed by atoms with Gasteiger partial charge < -0.3 is 4.40 Å². The number of nitriles is 2. The molecular weight excluding hydrogens is 583 g/mol. The fourth-order valence-electron chi connectivity index (χ4n) is 10.3. The number of fused-ring (bicyclic) bond motifs is 16. The van der Waals surface area contributed by atoms with Crippen molar-refractivity contribution < 1.29 is 0 Å². The number of nitrogens with zero attached hydrogens (tertiary/aromatic N) is 3. The van der Waals surface area contributed by atoms with Gasteiger partial charge in [-0.3, -0.25) is 0 Å². The SMILES string of the molecule is Cc1cccc(C)c1-c1c2c(c3c4c5c(c(C#N)cc4n4c6cc(C#N)c7c(c6c1c34)C=C=C7)C=C1CC(C)CC15)-c1ccccc1C2. The van der Waals surface area contributed by atoms with Gasteiger partial charge in [0.15, 0.2) is 0 Å². The lowest BCUT2D eigenvalue weighted by Crippen LogP contribution is -1.99. The monoisotopic (exact) mass is 611 g/mol. The van der Waals surface area contributed by atoms with Crippen molar-refractivity contribution in [3.05, 3.63) is 122 Å². The van der Waals surface area contributed by atoms with E-state index in [1.165, 1.54) is 82.7 Å². The minimum atomic E-state index is 0.333. The normalized spacial score (nSPS) is 18.1. The van der Waals surface area contributed by atoms with Crippen molar-refractivity contribution >= 4 is 56.3 Å². The van der Waals surface area contributed by atoms with Crippen LogP contribution in [0.15, 0.2) is 65.9 Å². The maximum Gasteiger partial charge on any atom is 0.0999 e. The predicted octanol–water partition coefficient (Wildman–Crippen LogP) is 11.0. The van der Waals surface area contributed by atoms with Crippen LogP contribution in [0.2, 0.25) is 0 Å². The summed E-state index contributed by atoms with van der Waals surface area (Å²) in [5.41, 5.74) is 24.6. The molecule has 3 nitrogen and oxygen atoms in total. The summed E-state index contributed by atoms with van der Waals surface area (Å²) >= 11 is 0. The Balaban J connectivity index is 1.49. The topological polar surface area (TPSA) is 52.0 Å². The zero-order valence-corrected chi connectivity index (χ0v) is 27.0. The van der Waals surface area contributed by atoms with Crippen LogP contribution in [0.4, 0.5) is 0 Å². The highest BCUT2D eigenvalue weighted by Gasteiger charge is 2.40. The molecule has 4 aliphatic carbocycles. The Morgan fingerprint density at radius 1 is 0.771 bits per heavy atom. The molecule has 2 unspecified atom stereocenters. The van der Waals surface area contributed by atoms with Crippen LogP contribution in [-0.4, -0.2) is 4.40 Å². The first-order valence-corrected chi connectivity index (χ1v) is 17.0. The lowest BCUT2D eigenvalue weighted by Gasteiger charge is -2.19. The van der Waals surface area contributed by atoms with Crippen molar-refractivity contribution in [1.82, 2.24) is 4.40 Å². The third-order valence-electron chi connectivity index (χ3n) is 12.0. The molecule has 224 valence electrons. The molecule has 5 aromatic carbocycles. The molecular formula is C45H29N3. The molecule has 0 aliphatic heterocycles. The van der Waals surface area contributed by atoms with Gasteiger partial charge in [-0.2, -0.15) is 10.5 Å². The number of aryl methyl sites for hydroxylation is 2. The molecule has 2 heterocycles. The van der Waals surface area contributed by atoms with E-state index >= 15 is 0 Å². The van der Waals surface area contributed by atoms with Gasteiger partial charge in [0.1, 0.15) is 0 Å². The standard InChI is InChI=1S/C45H29N3/c1-22-14-26-17-33-28(21-47)19-36-42(39(33)32(26)15-22)43-38-30-11-5-4-10-25(30)16-34(38)41(37-23(2)8-6-9-24(37)3)44-40-31-13-7-12-29(31)27(20-46)18-35(40)48(36)45(43)44/h4-6,8-13,17-19,22,32H,14-16H2,1-3H3. The van der Waals surface area contributed by atoms with E-state index in [9.17, 15) is 10.5 Å². The fraction of sp³-hybridized carbons (Fsp3) is 0.178. The molecule has 0 N–H and O–H groups in total. The maximum absolute atomic E-state index is 10.6. The minimum absolute atomic E-state index is 0.333. The molecule has 0 spiro atoms. The summed E-state index contributed by atoms with van der Waals surface area (Å²) in [6.45, 7) is 6.84. The first-order valence-electron chi connectivity index (χ1n) is 17.0. The van der Waals surface area contributed by atoms with Gasteiger partial charge in [-0.05, 0) is 119 Å². The zero-order chi connectivity index (χ0) is 32.2. The quantitative estimate of drug-likeness (QED) is 0.173. The fourth-order valence-corrected chi connectivity index (χ4v) is 10.3. The maximum atomic E-state index is 10.6. The summed E-state index contributed by atoms with van der Waals surface area (Å²) in [6.07, 6.45) is 9.46. The van der Waals surface area contributed by atoms with E-state index in [1.54, 1.807) is 0 Å². The Morgan fingerprint density at radius 2 is 1.48 bits per heavy atom. The second-order valence-corrected chi connectivity index (χ2v) is 14.6. The van der Waals surface area contributed by atoms with Gasteiger partial charge in [-0.1, -0.05) is 61.0 Å². The van der Waals surface area contributed by atoms with Gasteiger partial charge in [-0.15, -0.1) is 5.73 Å². The molecule has 7 aromatic rings. The molecule has 0 radical (unpaired) electrons. The van der Waals surface area contributed by atoms with Crippen LogP contribution in [0.25, 0.3) is 78.6 Å². The number of hydrogen-bond acceptors (Lipinski definition) is 2. The lowest BCUT2D eigenvalue weighted by molar-refractivity contribution is 0.597. The van der Waals surface area contributed by atoms with Crippen LogP contribution in [0.3, 0.4) is 0 Å². The smallest absolute Gasteiger partial charge is 0.0999 e. The Hall–Kier alpha value is -5.86. The van der Waals surface area contributed by atoms with E-state index in [-0.39, 0.29) is 0 Å². The van der Waals surface area contributed by atoms with Gasteiger partial charge >= 0.3 is 0 Å². The largest absolute Gasteiger partial charge is 0.308 e. The van der Waals surface area contributed by atoms with Gasteiger partial charge in [-0.25, -0.2) is 0 Å². The first kappa shape index (κ1) is 26.2. The third-order valence-corrected chi connectivity index (χ3v) is 12.0. The lowest BCUT2D eigenvalue weighted by atomic mass is 9.82. The number of rotatable bonds is 1. The van der Waals surface area contributed by atoms with Gasteiger partial charge in [0, 0.05) is 38.6 Å². The highest BCUT2D eigenvalue weighted by Crippen LogP contribution is 2.59. The molecule has 2 atom stereocenters. The number of benzene rings is 5. The van der Waals surface area contributed by atoms with E-state index in [0.29, 0.717) is 17.4 Å². The second-order valence-electron chi connectivity index (χ2n) is 14.6. The van der Waals surface area contributed by atoms with Crippen molar-refractivity contribution in [3.8, 4) is 34.4 Å². The third kappa shape index (κ3) is 2.92. The molecule has 0 saturated heterocycles. The molecule has 1 saturated carbocycles. The van der Waals surface area contributed by atoms with E-state index in [4.69, 9.17) is 0 Å². The van der Waals surface area contributed by atoms with E-state index in [0.717, 1.165) is 52.5 Å². The van der Waals surface area contributed by atoms with E-state index < -0.39 is 0 Å². The number of aromatic nitrogens is 1. The molecule has 4 aliphatic rings. The van der Waals surface area contributed by atoms with Crippen LogP contribution in [0, 0.1) is 42.4 Å². The molecule has 3 heteroatoms. The molecule has 0 amide bonds. The van der Waals surface area contributed by atoms with Gasteiger partial charge in [0.2, 0.25) is 0 Å². The van der Waals surface area contributed by atoms with Crippen LogP contribution < -0.4 is 0 Å². The Labute approximate surface area is 278 Å². The van der Waals surface area contributed by atoms with Crippen molar-refractivity contribution in [2.75, 3.05) is 0 Å². The predicted molar refractivity (Wildman–Crippen MR) is 195 cm³/mol. The van der Waals surface area contributed by atoms with Crippen molar-refractivity contribution in [2.24, 2.45) is 5.92 Å². The van der Waals surface area contributed by atoms with E-state index in [1.807, 2.05) is 6.08 Å². The molecule has 0 bridgehead atoms. The molecule has 48 heavy (non-hydrogen) atoms. The van der Waals surface area contributed by atoms with Gasteiger partial charge in [0.25, 0.3) is 0 Å². The summed E-state index contributed by atoms with van der Waals surface area (Å²) in [4.78, 5) is 0. The zero-order valence-electron chi connectivity index (χ0n) is 27.0. The summed E-state index contributed by atoms with van der Waals surface area (Å²) in [5, 5.41) is 26.1. The average Bonchev–Trinajstić information content (AvgIpc) is 3.92. The number of allylic oxidation sites excluding steroid dienone is 1. The highest BCUT2D eigenvalue weighted by molar-refractivity contribution is 6.34. The number of hydrogen-bond donors (Lipinski definition) is 0. The van der Waals surface area contributed by atoms with Gasteiger partial charge in [0.05, 0.1) is 39.8 Å². The summed E-state index contributed by atoms with van der Waals surface area (Å²) in [5.74, 6) is 0.953. The average molecular weight is 612 g/mol. The first-order chi connectivity index (χ1) is 23.5. The minimum Gasteiger partial charge on any atom is -0.308 e. The van der Waals surface area contributed by atoms with Crippen LogP contribution in [0.5, 0.6) is 0 Å². The van der Waals surface area contributed by atoms with Crippen molar-refractivity contribution in [2.45, 2.75) is 46.0 Å². The van der Waals surface area contributed by atoms with Crippen LogP contribution in [0.1, 0.15) is 81.3 Å². The molecule has 2 aromatic heterocycles. The van der Waals surface area contributed by atoms with E-state index in [2.05, 4.69) is 110 Å². The second kappa shape index (κ2) is 8.73. The Bertz CT molecular complexity index is 2880. The summed E-state index contributed by atoms with van der Waals surface area (Å²) in [6, 6.07) is 25.0. The van der Waals surface area contributed by atoms with Crippen molar-refractivity contribution in [3.63, 3.8) is 0 Å².